The fourth-order valence-electron chi connectivity index (χ4n) is 2.59. The van der Waals surface area contributed by atoms with Crippen LogP contribution in [0.4, 0.5) is 11.4 Å². The van der Waals surface area contributed by atoms with Crippen molar-refractivity contribution in [2.45, 2.75) is 13.5 Å². The Morgan fingerprint density at radius 1 is 0.967 bits per heavy atom. The highest BCUT2D eigenvalue weighted by atomic mass is 79.9. The van der Waals surface area contributed by atoms with E-state index in [1.54, 1.807) is 36.7 Å². The molecular weight excluding hydrogens is 446 g/mol. The summed E-state index contributed by atoms with van der Waals surface area (Å²) in [7, 11) is 0. The summed E-state index contributed by atoms with van der Waals surface area (Å²) in [5.41, 5.74) is 2.67. The molecular formula is C22H20BrN5O2. The van der Waals surface area contributed by atoms with Crippen molar-refractivity contribution < 1.29 is 9.59 Å². The molecule has 0 saturated carbocycles. The molecule has 7 nitrogen and oxygen atoms in total. The number of guanidine groups is 1. The van der Waals surface area contributed by atoms with Gasteiger partial charge in [0.2, 0.25) is 11.9 Å². The number of hydrogen-bond donors (Lipinski definition) is 3. The zero-order valence-electron chi connectivity index (χ0n) is 16.2. The highest BCUT2D eigenvalue weighted by molar-refractivity contribution is 9.10. The Bertz CT molecular complexity index is 1070. The van der Waals surface area contributed by atoms with Gasteiger partial charge in [-0.3, -0.25) is 19.9 Å². The van der Waals surface area contributed by atoms with Crippen LogP contribution in [0.25, 0.3) is 0 Å². The minimum atomic E-state index is -0.349. The first-order valence-electron chi connectivity index (χ1n) is 9.14. The molecule has 1 aromatic heterocycles. The molecule has 2 amide bonds. The number of benzene rings is 2. The number of nitrogens with zero attached hydrogens (tertiary/aromatic N) is 2. The van der Waals surface area contributed by atoms with Gasteiger partial charge in [-0.1, -0.05) is 28.1 Å². The molecule has 0 bridgehead atoms. The number of aromatic nitrogens is 1. The second-order valence-electron chi connectivity index (χ2n) is 6.37. The van der Waals surface area contributed by atoms with Crippen molar-refractivity contribution in [2.24, 2.45) is 4.99 Å². The molecule has 152 valence electrons. The van der Waals surface area contributed by atoms with Gasteiger partial charge in [0.05, 0.1) is 6.54 Å². The summed E-state index contributed by atoms with van der Waals surface area (Å²) in [4.78, 5) is 32.6. The van der Waals surface area contributed by atoms with Gasteiger partial charge in [-0.2, -0.15) is 0 Å². The predicted molar refractivity (Wildman–Crippen MR) is 121 cm³/mol. The highest BCUT2D eigenvalue weighted by Crippen LogP contribution is 2.16. The first-order chi connectivity index (χ1) is 14.5. The molecule has 0 atom stereocenters. The van der Waals surface area contributed by atoms with Gasteiger partial charge in [-0.25, -0.2) is 4.99 Å². The molecule has 0 aliphatic rings. The molecule has 0 saturated heterocycles. The van der Waals surface area contributed by atoms with E-state index in [1.165, 1.54) is 6.92 Å². The van der Waals surface area contributed by atoms with E-state index in [9.17, 15) is 9.59 Å². The van der Waals surface area contributed by atoms with Gasteiger partial charge in [-0.15, -0.1) is 0 Å². The second kappa shape index (κ2) is 10.3. The van der Waals surface area contributed by atoms with Crippen molar-refractivity contribution in [1.29, 1.82) is 0 Å². The molecule has 2 aromatic carbocycles. The number of anilines is 2. The van der Waals surface area contributed by atoms with Crippen molar-refractivity contribution in [3.63, 3.8) is 0 Å². The molecule has 0 unspecified atom stereocenters. The number of pyridine rings is 1. The lowest BCUT2D eigenvalue weighted by Crippen LogP contribution is -2.36. The Labute approximate surface area is 182 Å². The number of amides is 2. The maximum atomic E-state index is 12.8. The van der Waals surface area contributed by atoms with Crippen LogP contribution in [0, 0.1) is 0 Å². The predicted octanol–water partition coefficient (Wildman–Crippen LogP) is 4.20. The average molecular weight is 466 g/mol. The zero-order valence-corrected chi connectivity index (χ0v) is 17.8. The molecule has 0 spiro atoms. The standard InChI is InChI=1S/C22H20BrN5O2/c1-15(29)26-19-6-2-4-17(12-19)21(30)28-22(25-14-16-8-10-24-11-9-16)27-20-7-3-5-18(23)13-20/h2-13H,14H2,1H3,(H,26,29)(H2,25,27,28,30). The van der Waals surface area contributed by atoms with Crippen molar-refractivity contribution in [3.05, 3.63) is 88.7 Å². The summed E-state index contributed by atoms with van der Waals surface area (Å²) in [6.07, 6.45) is 3.39. The average Bonchev–Trinajstić information content (AvgIpc) is 2.72. The minimum Gasteiger partial charge on any atom is -0.326 e. The second-order valence-corrected chi connectivity index (χ2v) is 7.29. The van der Waals surface area contributed by atoms with Gasteiger partial charge in [-0.05, 0) is 54.1 Å². The molecule has 3 rings (SSSR count). The molecule has 3 aromatic rings. The Morgan fingerprint density at radius 2 is 1.67 bits per heavy atom. The Balaban J connectivity index is 1.80. The third kappa shape index (κ3) is 6.52. The lowest BCUT2D eigenvalue weighted by Gasteiger charge is -2.13. The number of carbonyl (C=O) groups excluding carboxylic acids is 2. The summed E-state index contributed by atoms with van der Waals surface area (Å²) in [5.74, 6) is -0.249. The smallest absolute Gasteiger partial charge is 0.258 e. The Hall–Kier alpha value is -3.52. The first-order valence-corrected chi connectivity index (χ1v) is 9.94. The molecule has 0 radical (unpaired) electrons. The molecule has 8 heteroatoms. The van der Waals surface area contributed by atoms with Crippen LogP contribution in [0.2, 0.25) is 0 Å². The van der Waals surface area contributed by atoms with Crippen LogP contribution in [-0.4, -0.2) is 22.8 Å². The molecule has 1 heterocycles. The largest absolute Gasteiger partial charge is 0.326 e. The maximum Gasteiger partial charge on any atom is 0.258 e. The number of nitrogens with one attached hydrogen (secondary N) is 3. The minimum absolute atomic E-state index is 0.205. The van der Waals surface area contributed by atoms with Crippen molar-refractivity contribution in [2.75, 3.05) is 10.6 Å². The van der Waals surface area contributed by atoms with Gasteiger partial charge in [0.25, 0.3) is 5.91 Å². The molecule has 0 aliphatic carbocycles. The van der Waals surface area contributed by atoms with Crippen molar-refractivity contribution in [1.82, 2.24) is 10.3 Å². The van der Waals surface area contributed by atoms with Gasteiger partial charge in [0.15, 0.2) is 0 Å². The topological polar surface area (TPSA) is 95.5 Å². The lowest BCUT2D eigenvalue weighted by atomic mass is 10.2. The number of aliphatic imine (C=N–C) groups is 1. The van der Waals surface area contributed by atoms with Crippen LogP contribution in [0.3, 0.4) is 0 Å². The Morgan fingerprint density at radius 3 is 2.37 bits per heavy atom. The van der Waals surface area contributed by atoms with Crippen LogP contribution >= 0.6 is 15.9 Å². The number of carbonyl (C=O) groups is 2. The fourth-order valence-corrected chi connectivity index (χ4v) is 2.99. The van der Waals surface area contributed by atoms with E-state index in [0.29, 0.717) is 23.8 Å². The van der Waals surface area contributed by atoms with Crippen LogP contribution < -0.4 is 16.0 Å². The van der Waals surface area contributed by atoms with Crippen molar-refractivity contribution >= 4 is 45.1 Å². The monoisotopic (exact) mass is 465 g/mol. The molecule has 0 fully saturated rings. The number of rotatable bonds is 5. The van der Waals surface area contributed by atoms with Gasteiger partial charge in [0.1, 0.15) is 0 Å². The first kappa shape index (κ1) is 21.2. The highest BCUT2D eigenvalue weighted by Gasteiger charge is 2.11. The van der Waals surface area contributed by atoms with E-state index in [4.69, 9.17) is 0 Å². The molecule has 3 N–H and O–H groups in total. The maximum absolute atomic E-state index is 12.8. The Kier molecular flexibility index (Phi) is 7.29. The summed E-state index contributed by atoms with van der Waals surface area (Å²) >= 11 is 3.43. The summed E-state index contributed by atoms with van der Waals surface area (Å²) < 4.78 is 0.898. The van der Waals surface area contributed by atoms with Gasteiger partial charge in [0, 0.05) is 40.7 Å². The summed E-state index contributed by atoms with van der Waals surface area (Å²) in [5, 5.41) is 8.62. The SMILES string of the molecule is CC(=O)Nc1cccc(C(=O)NC(=NCc2ccncc2)Nc2cccc(Br)c2)c1. The van der Waals surface area contributed by atoms with Crippen LogP contribution in [-0.2, 0) is 11.3 Å². The number of halogens is 1. The van der Waals surface area contributed by atoms with Crippen LogP contribution in [0.1, 0.15) is 22.8 Å². The quantitative estimate of drug-likeness (QED) is 0.388. The third-order valence-corrected chi connectivity index (χ3v) is 4.43. The zero-order chi connectivity index (χ0) is 21.3. The van der Waals surface area contributed by atoms with E-state index in [2.05, 4.69) is 41.9 Å². The number of hydrogen-bond acceptors (Lipinski definition) is 4. The molecule has 0 aliphatic heterocycles. The van der Waals surface area contributed by atoms with Crippen LogP contribution in [0.5, 0.6) is 0 Å². The van der Waals surface area contributed by atoms with E-state index in [0.717, 1.165) is 15.7 Å². The van der Waals surface area contributed by atoms with E-state index in [1.807, 2.05) is 36.4 Å². The normalized spacial score (nSPS) is 10.9. The summed E-state index contributed by atoms with van der Waals surface area (Å²) in [6, 6.07) is 18.0. The van der Waals surface area contributed by atoms with Crippen molar-refractivity contribution in [3.8, 4) is 0 Å². The van der Waals surface area contributed by atoms with Gasteiger partial charge >= 0.3 is 0 Å². The van der Waals surface area contributed by atoms with E-state index < -0.39 is 0 Å². The fraction of sp³-hybridized carbons (Fsp3) is 0.0909. The molecule has 30 heavy (non-hydrogen) atoms. The summed E-state index contributed by atoms with van der Waals surface area (Å²) in [6.45, 7) is 1.78. The third-order valence-electron chi connectivity index (χ3n) is 3.93. The van der Waals surface area contributed by atoms with Gasteiger partial charge < -0.3 is 10.6 Å². The van der Waals surface area contributed by atoms with E-state index in [-0.39, 0.29) is 11.8 Å². The van der Waals surface area contributed by atoms with E-state index >= 15 is 0 Å². The lowest BCUT2D eigenvalue weighted by molar-refractivity contribution is -0.114. The van der Waals surface area contributed by atoms with Crippen LogP contribution in [0.15, 0.2) is 82.5 Å².